The van der Waals surface area contributed by atoms with Crippen LogP contribution in [0.5, 0.6) is 28.7 Å². The van der Waals surface area contributed by atoms with Crippen LogP contribution in [0.3, 0.4) is 0 Å². The molecule has 0 fully saturated rings. The van der Waals surface area contributed by atoms with Gasteiger partial charge in [0.05, 0.1) is 21.3 Å². The number of benzene rings is 4. The van der Waals surface area contributed by atoms with E-state index >= 15 is 0 Å². The van der Waals surface area contributed by atoms with E-state index < -0.39 is 0 Å². The molecule has 0 aliphatic heterocycles. The van der Waals surface area contributed by atoms with Crippen molar-refractivity contribution in [3.63, 3.8) is 0 Å². The van der Waals surface area contributed by atoms with E-state index in [4.69, 9.17) is 23.7 Å². The number of carbonyl (C=O) groups excluding carboxylic acids is 1. The van der Waals surface area contributed by atoms with Crippen LogP contribution in [-0.4, -0.2) is 27.1 Å². The van der Waals surface area contributed by atoms with E-state index in [1.54, 1.807) is 18.2 Å². The Hall–Kier alpha value is -4.71. The molecular formula is C35H36O6. The molecular weight excluding hydrogens is 516 g/mol. The molecule has 4 aromatic carbocycles. The molecule has 41 heavy (non-hydrogen) atoms. The highest BCUT2D eigenvalue weighted by Crippen LogP contribution is 2.39. The van der Waals surface area contributed by atoms with Crippen molar-refractivity contribution in [3.8, 4) is 28.7 Å². The standard InChI is InChI=1S/C35H36O6/c1-24(2)29-18-27(16-17-30(36)28-19-33(37-3)35(39-5)34(20-28)38-4)31(40-22-25-12-8-6-9-13-25)21-32(29)41-23-26-14-10-7-11-15-26/h6-21,24H,22-23H2,1-5H3/b17-16+. The first-order valence-electron chi connectivity index (χ1n) is 13.5. The quantitative estimate of drug-likeness (QED) is 0.124. The molecule has 0 aliphatic carbocycles. The number of methoxy groups -OCH3 is 3. The van der Waals surface area contributed by atoms with Gasteiger partial charge in [0.2, 0.25) is 5.75 Å². The summed E-state index contributed by atoms with van der Waals surface area (Å²) in [6.07, 6.45) is 3.30. The molecule has 0 bridgehead atoms. The lowest BCUT2D eigenvalue weighted by molar-refractivity contribution is 0.104. The number of ketones is 1. The molecule has 0 saturated carbocycles. The van der Waals surface area contributed by atoms with Crippen molar-refractivity contribution in [2.75, 3.05) is 21.3 Å². The number of ether oxygens (including phenoxy) is 5. The molecule has 0 aliphatic rings. The summed E-state index contributed by atoms with van der Waals surface area (Å²) in [6.45, 7) is 5.04. The van der Waals surface area contributed by atoms with Crippen molar-refractivity contribution in [1.82, 2.24) is 0 Å². The van der Waals surface area contributed by atoms with Crippen molar-refractivity contribution < 1.29 is 28.5 Å². The smallest absolute Gasteiger partial charge is 0.203 e. The summed E-state index contributed by atoms with van der Waals surface area (Å²) in [5, 5.41) is 0. The number of hydrogen-bond acceptors (Lipinski definition) is 6. The van der Waals surface area contributed by atoms with Crippen LogP contribution in [0.1, 0.15) is 52.4 Å². The zero-order valence-corrected chi connectivity index (χ0v) is 24.2. The van der Waals surface area contributed by atoms with Crippen LogP contribution in [-0.2, 0) is 13.2 Å². The SMILES string of the molecule is COc1cc(C(=O)/C=C/c2cc(C(C)C)c(OCc3ccccc3)cc2OCc2ccccc2)cc(OC)c1OC. The third-order valence-electron chi connectivity index (χ3n) is 6.60. The summed E-state index contributed by atoms with van der Waals surface area (Å²) in [5.41, 5.74) is 4.32. The van der Waals surface area contributed by atoms with Crippen LogP contribution in [0.15, 0.2) is 91.0 Å². The molecule has 4 rings (SSSR count). The molecule has 0 unspecified atom stereocenters. The molecule has 0 amide bonds. The Morgan fingerprint density at radius 1 is 0.683 bits per heavy atom. The molecule has 212 valence electrons. The zero-order chi connectivity index (χ0) is 29.2. The van der Waals surface area contributed by atoms with E-state index in [9.17, 15) is 4.79 Å². The van der Waals surface area contributed by atoms with Crippen LogP contribution < -0.4 is 23.7 Å². The largest absolute Gasteiger partial charge is 0.493 e. The van der Waals surface area contributed by atoms with Crippen molar-refractivity contribution in [1.29, 1.82) is 0 Å². The van der Waals surface area contributed by atoms with Gasteiger partial charge in [-0.15, -0.1) is 0 Å². The number of rotatable bonds is 13. The first kappa shape index (κ1) is 29.3. The summed E-state index contributed by atoms with van der Waals surface area (Å²) in [5.74, 6) is 2.60. The van der Waals surface area contributed by atoms with Gasteiger partial charge in [-0.25, -0.2) is 0 Å². The van der Waals surface area contributed by atoms with E-state index in [1.165, 1.54) is 27.4 Å². The molecule has 0 saturated heterocycles. The molecule has 0 spiro atoms. The van der Waals surface area contributed by atoms with E-state index in [2.05, 4.69) is 13.8 Å². The fraction of sp³-hybridized carbons (Fsp3) is 0.229. The van der Waals surface area contributed by atoms with Gasteiger partial charge in [0.25, 0.3) is 0 Å². The van der Waals surface area contributed by atoms with Gasteiger partial charge in [-0.05, 0) is 53.0 Å². The summed E-state index contributed by atoms with van der Waals surface area (Å²) in [6, 6.07) is 27.2. The van der Waals surface area contributed by atoms with Gasteiger partial charge in [0.1, 0.15) is 24.7 Å². The maximum Gasteiger partial charge on any atom is 0.203 e. The van der Waals surface area contributed by atoms with Crippen LogP contribution in [0.4, 0.5) is 0 Å². The third kappa shape index (κ3) is 7.48. The highest BCUT2D eigenvalue weighted by Gasteiger charge is 2.17. The Morgan fingerprint density at radius 3 is 1.71 bits per heavy atom. The van der Waals surface area contributed by atoms with Crippen molar-refractivity contribution in [3.05, 3.63) is 119 Å². The second-order valence-electron chi connectivity index (χ2n) is 9.74. The first-order valence-corrected chi connectivity index (χ1v) is 13.5. The van der Waals surface area contributed by atoms with Crippen LogP contribution >= 0.6 is 0 Å². The fourth-order valence-corrected chi connectivity index (χ4v) is 4.38. The van der Waals surface area contributed by atoms with Gasteiger partial charge in [-0.2, -0.15) is 0 Å². The van der Waals surface area contributed by atoms with E-state index in [0.29, 0.717) is 41.8 Å². The summed E-state index contributed by atoms with van der Waals surface area (Å²) in [7, 11) is 4.57. The van der Waals surface area contributed by atoms with Gasteiger partial charge in [0.15, 0.2) is 17.3 Å². The number of hydrogen-bond donors (Lipinski definition) is 0. The molecule has 0 N–H and O–H groups in total. The average molecular weight is 553 g/mol. The highest BCUT2D eigenvalue weighted by atomic mass is 16.5. The van der Waals surface area contributed by atoms with Crippen molar-refractivity contribution in [2.24, 2.45) is 0 Å². The summed E-state index contributed by atoms with van der Waals surface area (Å²) >= 11 is 0. The van der Waals surface area contributed by atoms with E-state index in [1.807, 2.05) is 72.8 Å². The average Bonchev–Trinajstić information content (AvgIpc) is 3.01. The van der Waals surface area contributed by atoms with Crippen LogP contribution in [0, 0.1) is 0 Å². The minimum atomic E-state index is -0.214. The molecule has 0 atom stereocenters. The molecule has 0 heterocycles. The predicted octanol–water partition coefficient (Wildman–Crippen LogP) is 7.89. The van der Waals surface area contributed by atoms with Gasteiger partial charge in [0, 0.05) is 17.2 Å². The number of carbonyl (C=O) groups is 1. The Morgan fingerprint density at radius 2 is 1.22 bits per heavy atom. The predicted molar refractivity (Wildman–Crippen MR) is 162 cm³/mol. The highest BCUT2D eigenvalue weighted by molar-refractivity contribution is 6.07. The lowest BCUT2D eigenvalue weighted by Crippen LogP contribution is -2.04. The summed E-state index contributed by atoms with van der Waals surface area (Å²) in [4.78, 5) is 13.3. The lowest BCUT2D eigenvalue weighted by Gasteiger charge is -2.19. The number of allylic oxidation sites excluding steroid dienone is 1. The first-order chi connectivity index (χ1) is 19.9. The lowest BCUT2D eigenvalue weighted by atomic mass is 9.98. The Kier molecular flexibility index (Phi) is 10.1. The topological polar surface area (TPSA) is 63.2 Å². The fourth-order valence-electron chi connectivity index (χ4n) is 4.38. The second kappa shape index (κ2) is 14.1. The van der Waals surface area contributed by atoms with Gasteiger partial charge >= 0.3 is 0 Å². The maximum absolute atomic E-state index is 13.3. The zero-order valence-electron chi connectivity index (χ0n) is 24.2. The van der Waals surface area contributed by atoms with Crippen LogP contribution in [0.25, 0.3) is 6.08 Å². The molecule has 6 nitrogen and oxygen atoms in total. The maximum atomic E-state index is 13.3. The monoisotopic (exact) mass is 552 g/mol. The Bertz CT molecular complexity index is 1450. The molecule has 6 heteroatoms. The minimum absolute atomic E-state index is 0.182. The normalized spacial score (nSPS) is 11.0. The molecule has 4 aromatic rings. The van der Waals surface area contributed by atoms with Gasteiger partial charge in [-0.1, -0.05) is 74.5 Å². The molecule has 0 radical (unpaired) electrons. The second-order valence-corrected chi connectivity index (χ2v) is 9.74. The van der Waals surface area contributed by atoms with Crippen LogP contribution in [0.2, 0.25) is 0 Å². The van der Waals surface area contributed by atoms with E-state index in [0.717, 1.165) is 28.0 Å². The summed E-state index contributed by atoms with van der Waals surface area (Å²) < 4.78 is 28.8. The molecule has 0 aromatic heterocycles. The Labute approximate surface area is 242 Å². The van der Waals surface area contributed by atoms with E-state index in [-0.39, 0.29) is 11.7 Å². The van der Waals surface area contributed by atoms with Gasteiger partial charge in [-0.3, -0.25) is 4.79 Å². The van der Waals surface area contributed by atoms with Gasteiger partial charge < -0.3 is 23.7 Å². The van der Waals surface area contributed by atoms with Crippen molar-refractivity contribution in [2.45, 2.75) is 33.0 Å². The minimum Gasteiger partial charge on any atom is -0.493 e. The Balaban J connectivity index is 1.69. The van der Waals surface area contributed by atoms with Crippen molar-refractivity contribution >= 4 is 11.9 Å². The third-order valence-corrected chi connectivity index (χ3v) is 6.60.